The van der Waals surface area contributed by atoms with Crippen LogP contribution < -0.4 is 5.56 Å². The van der Waals surface area contributed by atoms with Gasteiger partial charge in [-0.25, -0.2) is 4.98 Å². The molecule has 0 bridgehead atoms. The molecule has 0 radical (unpaired) electrons. The van der Waals surface area contributed by atoms with E-state index in [2.05, 4.69) is 11.9 Å². The van der Waals surface area contributed by atoms with Crippen molar-refractivity contribution < 1.29 is 4.79 Å². The molecule has 1 saturated carbocycles. The Bertz CT molecular complexity index is 856. The molecule has 0 atom stereocenters. The number of amides is 1. The Balaban J connectivity index is 1.82. The Labute approximate surface area is 165 Å². The van der Waals surface area contributed by atoms with E-state index in [1.807, 2.05) is 43.0 Å². The van der Waals surface area contributed by atoms with Gasteiger partial charge in [-0.3, -0.25) is 14.2 Å². The number of aromatic nitrogens is 2. The zero-order valence-corrected chi connectivity index (χ0v) is 17.3. The Kier molecular flexibility index (Phi) is 6.58. The molecule has 1 aromatic heterocycles. The molecular weight excluding hydrogens is 358 g/mol. The Morgan fingerprint density at radius 1 is 1.26 bits per heavy atom. The first-order valence-electron chi connectivity index (χ1n) is 9.96. The molecule has 1 fully saturated rings. The molecule has 1 aromatic carbocycles. The minimum atomic E-state index is -0.0369. The summed E-state index contributed by atoms with van der Waals surface area (Å²) in [6.07, 6.45) is 5.91. The van der Waals surface area contributed by atoms with Crippen LogP contribution in [0.15, 0.2) is 34.2 Å². The number of carbonyl (C=O) groups is 1. The molecule has 3 rings (SSSR count). The highest BCUT2D eigenvalue weighted by molar-refractivity contribution is 7.99. The predicted octanol–water partition coefficient (Wildman–Crippen LogP) is 4.25. The molecule has 5 nitrogen and oxygen atoms in total. The quantitative estimate of drug-likeness (QED) is 0.549. The van der Waals surface area contributed by atoms with Gasteiger partial charge in [-0.15, -0.1) is 0 Å². The van der Waals surface area contributed by atoms with Gasteiger partial charge >= 0.3 is 0 Å². The lowest BCUT2D eigenvalue weighted by atomic mass is 9.94. The number of rotatable bonds is 6. The fraction of sp³-hybridized carbons (Fsp3) is 0.571. The van der Waals surface area contributed by atoms with Crippen LogP contribution in [0.25, 0.3) is 10.9 Å². The van der Waals surface area contributed by atoms with Crippen LogP contribution in [0.4, 0.5) is 0 Å². The number of para-hydroxylation sites is 1. The molecule has 0 saturated heterocycles. The van der Waals surface area contributed by atoms with E-state index in [9.17, 15) is 9.59 Å². The summed E-state index contributed by atoms with van der Waals surface area (Å²) in [5.74, 6) is 0.467. The third-order valence-corrected chi connectivity index (χ3v) is 6.23. The number of thioether (sulfide) groups is 1. The van der Waals surface area contributed by atoms with Crippen molar-refractivity contribution in [3.63, 3.8) is 0 Å². The topological polar surface area (TPSA) is 55.2 Å². The van der Waals surface area contributed by atoms with Crippen LogP contribution in [0, 0.1) is 0 Å². The highest BCUT2D eigenvalue weighted by Gasteiger charge is 2.24. The fourth-order valence-electron chi connectivity index (χ4n) is 3.92. The molecule has 0 spiro atoms. The summed E-state index contributed by atoms with van der Waals surface area (Å²) in [6.45, 7) is 6.75. The van der Waals surface area contributed by atoms with Crippen LogP contribution >= 0.6 is 11.8 Å². The van der Waals surface area contributed by atoms with Crippen molar-refractivity contribution in [1.82, 2.24) is 14.5 Å². The van der Waals surface area contributed by atoms with Crippen LogP contribution in [0.1, 0.15) is 58.9 Å². The number of hydrogen-bond acceptors (Lipinski definition) is 4. The Hall–Kier alpha value is -1.82. The summed E-state index contributed by atoms with van der Waals surface area (Å²) < 4.78 is 1.71. The molecule has 1 aliphatic rings. The van der Waals surface area contributed by atoms with Crippen molar-refractivity contribution in [3.8, 4) is 0 Å². The fourth-order valence-corrected chi connectivity index (χ4v) is 4.94. The van der Waals surface area contributed by atoms with E-state index >= 15 is 0 Å². The first-order chi connectivity index (χ1) is 13.0. The summed E-state index contributed by atoms with van der Waals surface area (Å²) >= 11 is 1.38. The van der Waals surface area contributed by atoms with E-state index in [-0.39, 0.29) is 17.5 Å². The van der Waals surface area contributed by atoms with E-state index in [1.165, 1.54) is 31.0 Å². The second-order valence-corrected chi connectivity index (χ2v) is 8.38. The van der Waals surface area contributed by atoms with E-state index < -0.39 is 0 Å². The van der Waals surface area contributed by atoms with E-state index in [4.69, 9.17) is 0 Å². The highest BCUT2D eigenvalue weighted by Crippen LogP contribution is 2.25. The van der Waals surface area contributed by atoms with Gasteiger partial charge in [-0.1, -0.05) is 43.2 Å². The van der Waals surface area contributed by atoms with Gasteiger partial charge in [0.15, 0.2) is 5.16 Å². The van der Waals surface area contributed by atoms with Crippen molar-refractivity contribution in [2.45, 2.75) is 70.1 Å². The normalized spacial score (nSPS) is 15.4. The molecular formula is C21H29N3O2S. The number of carbonyl (C=O) groups excluding carboxylic acids is 1. The van der Waals surface area contributed by atoms with Crippen LogP contribution in [-0.2, 0) is 4.79 Å². The van der Waals surface area contributed by atoms with Crippen LogP contribution in [0.2, 0.25) is 0 Å². The molecule has 27 heavy (non-hydrogen) atoms. The van der Waals surface area contributed by atoms with Crippen LogP contribution in [0.5, 0.6) is 0 Å². The highest BCUT2D eigenvalue weighted by atomic mass is 32.2. The van der Waals surface area contributed by atoms with Gasteiger partial charge in [0, 0.05) is 18.6 Å². The lowest BCUT2D eigenvalue weighted by Crippen LogP contribution is -2.42. The number of fused-ring (bicyclic) bond motifs is 1. The second kappa shape index (κ2) is 8.91. The van der Waals surface area contributed by atoms with Gasteiger partial charge in [0.05, 0.1) is 16.7 Å². The zero-order valence-electron chi connectivity index (χ0n) is 16.5. The lowest BCUT2D eigenvalue weighted by Gasteiger charge is -2.33. The van der Waals surface area contributed by atoms with Crippen LogP contribution in [0.3, 0.4) is 0 Å². The van der Waals surface area contributed by atoms with Crippen molar-refractivity contribution in [3.05, 3.63) is 34.6 Å². The SMILES string of the molecule is CCN(C(=O)CSc1nc2ccccc2c(=O)n1C(C)C)C1CCCCC1. The van der Waals surface area contributed by atoms with Gasteiger partial charge in [-0.05, 0) is 45.7 Å². The minimum absolute atomic E-state index is 0.00664. The van der Waals surface area contributed by atoms with Crippen molar-refractivity contribution in [2.24, 2.45) is 0 Å². The maximum atomic E-state index is 12.9. The standard InChI is InChI=1S/C21H29N3O2S/c1-4-23(16-10-6-5-7-11-16)19(25)14-27-21-22-18-13-9-8-12-17(18)20(26)24(21)15(2)3/h8-9,12-13,15-16H,4-7,10-11,14H2,1-3H3. The average molecular weight is 388 g/mol. The minimum Gasteiger partial charge on any atom is -0.339 e. The third-order valence-electron chi connectivity index (χ3n) is 5.29. The maximum absolute atomic E-state index is 12.9. The first-order valence-corrected chi connectivity index (χ1v) is 10.9. The summed E-state index contributed by atoms with van der Waals surface area (Å²) in [6, 6.07) is 7.77. The molecule has 0 aliphatic heterocycles. The summed E-state index contributed by atoms with van der Waals surface area (Å²) in [5.41, 5.74) is 0.652. The van der Waals surface area contributed by atoms with Gasteiger partial charge in [-0.2, -0.15) is 0 Å². The molecule has 1 amide bonds. The number of nitrogens with zero attached hydrogens (tertiary/aromatic N) is 3. The molecule has 6 heteroatoms. The van der Waals surface area contributed by atoms with Gasteiger partial charge < -0.3 is 4.90 Å². The Morgan fingerprint density at radius 3 is 2.63 bits per heavy atom. The molecule has 0 unspecified atom stereocenters. The average Bonchev–Trinajstić information content (AvgIpc) is 2.67. The molecule has 146 valence electrons. The Morgan fingerprint density at radius 2 is 1.96 bits per heavy atom. The smallest absolute Gasteiger partial charge is 0.262 e. The second-order valence-electron chi connectivity index (χ2n) is 7.44. The molecule has 0 N–H and O–H groups in total. The van der Waals surface area contributed by atoms with E-state index in [0.29, 0.717) is 27.9 Å². The van der Waals surface area contributed by atoms with Gasteiger partial charge in [0.25, 0.3) is 5.56 Å². The number of benzene rings is 1. The first kappa shape index (κ1) is 19.9. The summed E-state index contributed by atoms with van der Waals surface area (Å²) in [7, 11) is 0. The molecule has 2 aromatic rings. The summed E-state index contributed by atoms with van der Waals surface area (Å²) in [5, 5.41) is 1.25. The maximum Gasteiger partial charge on any atom is 0.262 e. The largest absolute Gasteiger partial charge is 0.339 e. The van der Waals surface area contributed by atoms with Crippen molar-refractivity contribution >= 4 is 28.6 Å². The lowest BCUT2D eigenvalue weighted by molar-refractivity contribution is -0.131. The van der Waals surface area contributed by atoms with E-state index in [0.717, 1.165) is 19.4 Å². The zero-order chi connectivity index (χ0) is 19.4. The number of hydrogen-bond donors (Lipinski definition) is 0. The van der Waals surface area contributed by atoms with Gasteiger partial charge in [0.1, 0.15) is 0 Å². The monoisotopic (exact) mass is 387 g/mol. The summed E-state index contributed by atoms with van der Waals surface area (Å²) in [4.78, 5) is 32.5. The predicted molar refractivity (Wildman–Crippen MR) is 111 cm³/mol. The molecule has 1 aliphatic carbocycles. The van der Waals surface area contributed by atoms with Crippen molar-refractivity contribution in [2.75, 3.05) is 12.3 Å². The van der Waals surface area contributed by atoms with Gasteiger partial charge in [0.2, 0.25) is 5.91 Å². The third kappa shape index (κ3) is 4.37. The van der Waals surface area contributed by atoms with Crippen LogP contribution in [-0.4, -0.2) is 38.7 Å². The van der Waals surface area contributed by atoms with E-state index in [1.54, 1.807) is 4.57 Å². The van der Waals surface area contributed by atoms with Crippen molar-refractivity contribution in [1.29, 1.82) is 0 Å². The molecule has 1 heterocycles.